The van der Waals surface area contributed by atoms with Gasteiger partial charge in [0.1, 0.15) is 5.75 Å². The quantitative estimate of drug-likeness (QED) is 0.617. The van der Waals surface area contributed by atoms with Crippen LogP contribution in [0.3, 0.4) is 0 Å². The van der Waals surface area contributed by atoms with E-state index < -0.39 is 0 Å². The van der Waals surface area contributed by atoms with Gasteiger partial charge in [0.15, 0.2) is 10.9 Å². The third-order valence-corrected chi connectivity index (χ3v) is 4.95. The zero-order valence-electron chi connectivity index (χ0n) is 12.9. The van der Waals surface area contributed by atoms with Gasteiger partial charge >= 0.3 is 0 Å². The van der Waals surface area contributed by atoms with E-state index in [0.29, 0.717) is 5.13 Å². The van der Waals surface area contributed by atoms with Crippen LogP contribution >= 0.6 is 23.1 Å². The molecule has 2 aromatic rings. The zero-order chi connectivity index (χ0) is 15.9. The molecule has 0 aliphatic carbocycles. The number of anilines is 1. The highest BCUT2D eigenvalue weighted by Gasteiger charge is 2.10. The molecular weight excluding hydrogens is 318 g/mol. The average Bonchev–Trinajstić information content (AvgIpc) is 2.91. The van der Waals surface area contributed by atoms with Crippen molar-refractivity contribution in [3.8, 4) is 5.75 Å². The molecule has 0 fully saturated rings. The maximum absolute atomic E-state index is 11.9. The summed E-state index contributed by atoms with van der Waals surface area (Å²) < 4.78 is 6.40. The van der Waals surface area contributed by atoms with E-state index >= 15 is 0 Å². The Morgan fingerprint density at radius 1 is 1.36 bits per heavy atom. The molecule has 2 rings (SSSR count). The minimum Gasteiger partial charge on any atom is -0.483 e. The minimum atomic E-state index is -0.233. The number of ether oxygens (including phenoxy) is 1. The van der Waals surface area contributed by atoms with Crippen molar-refractivity contribution in [3.05, 3.63) is 29.3 Å². The van der Waals surface area contributed by atoms with Gasteiger partial charge in [-0.05, 0) is 31.9 Å². The molecule has 0 spiro atoms. The highest BCUT2D eigenvalue weighted by Crippen LogP contribution is 2.25. The van der Waals surface area contributed by atoms with E-state index in [9.17, 15) is 4.79 Å². The molecule has 1 aromatic carbocycles. The van der Waals surface area contributed by atoms with E-state index in [1.54, 1.807) is 11.8 Å². The molecule has 1 aromatic heterocycles. The number of carbonyl (C=O) groups excluding carboxylic acids is 1. The van der Waals surface area contributed by atoms with E-state index in [-0.39, 0.29) is 12.5 Å². The predicted molar refractivity (Wildman–Crippen MR) is 91.0 cm³/mol. The molecule has 0 radical (unpaired) electrons. The topological polar surface area (TPSA) is 64.1 Å². The van der Waals surface area contributed by atoms with E-state index in [1.165, 1.54) is 16.9 Å². The minimum absolute atomic E-state index is 0.0408. The molecule has 0 saturated carbocycles. The van der Waals surface area contributed by atoms with Crippen LogP contribution in [-0.2, 0) is 4.79 Å². The summed E-state index contributed by atoms with van der Waals surface area (Å²) in [5.41, 5.74) is 2.18. The van der Waals surface area contributed by atoms with Crippen LogP contribution in [-0.4, -0.2) is 28.5 Å². The molecule has 5 nitrogen and oxygen atoms in total. The van der Waals surface area contributed by atoms with Crippen molar-refractivity contribution in [1.29, 1.82) is 0 Å². The maximum atomic E-state index is 11.9. The molecule has 0 atom stereocenters. The van der Waals surface area contributed by atoms with Gasteiger partial charge in [0.25, 0.3) is 5.91 Å². The number of aromatic nitrogens is 2. The van der Waals surface area contributed by atoms with E-state index in [0.717, 1.165) is 27.8 Å². The number of amides is 1. The van der Waals surface area contributed by atoms with Crippen LogP contribution < -0.4 is 10.1 Å². The predicted octanol–water partition coefficient (Wildman–Crippen LogP) is 3.67. The second-order valence-electron chi connectivity index (χ2n) is 4.83. The number of nitrogens with one attached hydrogen (secondary N) is 1. The summed E-state index contributed by atoms with van der Waals surface area (Å²) in [7, 11) is 0. The largest absolute Gasteiger partial charge is 0.483 e. The molecule has 0 bridgehead atoms. The summed E-state index contributed by atoms with van der Waals surface area (Å²) in [5, 5.41) is 11.2. The number of rotatable bonds is 7. The van der Waals surface area contributed by atoms with Crippen LogP contribution in [0.1, 0.15) is 24.5 Å². The molecule has 118 valence electrons. The highest BCUT2D eigenvalue weighted by atomic mass is 32.2. The Hall–Kier alpha value is -1.60. The van der Waals surface area contributed by atoms with Gasteiger partial charge < -0.3 is 4.74 Å². The van der Waals surface area contributed by atoms with Crippen molar-refractivity contribution in [2.24, 2.45) is 0 Å². The summed E-state index contributed by atoms with van der Waals surface area (Å²) in [6.07, 6.45) is 1.08. The van der Waals surface area contributed by atoms with Crippen molar-refractivity contribution in [2.45, 2.75) is 31.5 Å². The monoisotopic (exact) mass is 337 g/mol. The van der Waals surface area contributed by atoms with Crippen LogP contribution in [0.4, 0.5) is 5.13 Å². The first kappa shape index (κ1) is 16.8. The van der Waals surface area contributed by atoms with Crippen molar-refractivity contribution < 1.29 is 9.53 Å². The van der Waals surface area contributed by atoms with E-state index in [2.05, 4.69) is 22.4 Å². The second kappa shape index (κ2) is 8.14. The van der Waals surface area contributed by atoms with E-state index in [1.807, 2.05) is 32.0 Å². The number of carbonyl (C=O) groups is 1. The molecule has 0 unspecified atom stereocenters. The number of hydrogen-bond donors (Lipinski definition) is 1. The smallest absolute Gasteiger partial charge is 0.264 e. The second-order valence-corrected chi connectivity index (χ2v) is 7.15. The fraction of sp³-hybridized carbons (Fsp3) is 0.400. The first-order valence-electron chi connectivity index (χ1n) is 7.04. The average molecular weight is 337 g/mol. The summed E-state index contributed by atoms with van der Waals surface area (Å²) in [4.78, 5) is 11.9. The van der Waals surface area contributed by atoms with Gasteiger partial charge in [-0.3, -0.25) is 10.1 Å². The van der Waals surface area contributed by atoms with Gasteiger partial charge in [-0.1, -0.05) is 47.7 Å². The highest BCUT2D eigenvalue weighted by molar-refractivity contribution is 8.01. The lowest BCUT2D eigenvalue weighted by molar-refractivity contribution is -0.118. The van der Waals surface area contributed by atoms with Crippen molar-refractivity contribution in [3.63, 3.8) is 0 Å². The lowest BCUT2D eigenvalue weighted by atomic mass is 10.1. The maximum Gasteiger partial charge on any atom is 0.264 e. The van der Waals surface area contributed by atoms with E-state index in [4.69, 9.17) is 4.74 Å². The normalized spacial score (nSPS) is 10.5. The lowest BCUT2D eigenvalue weighted by Gasteiger charge is -2.09. The van der Waals surface area contributed by atoms with Gasteiger partial charge in [0.2, 0.25) is 5.13 Å². The fourth-order valence-corrected chi connectivity index (χ4v) is 3.46. The Morgan fingerprint density at radius 2 is 2.18 bits per heavy atom. The number of aryl methyl sites for hydroxylation is 2. The van der Waals surface area contributed by atoms with Gasteiger partial charge in [-0.15, -0.1) is 10.2 Å². The standard InChI is InChI=1S/C15H19N3O2S2/c1-4-7-21-15-18-17-14(22-15)16-13(19)9-20-12-6-5-10(2)8-11(12)3/h5-6,8H,4,7,9H2,1-3H3,(H,16,17,19). The SMILES string of the molecule is CCCSc1nnc(NC(=O)COc2ccc(C)cc2C)s1. The summed E-state index contributed by atoms with van der Waals surface area (Å²) in [6.45, 7) is 6.05. The molecule has 0 aliphatic heterocycles. The van der Waals surface area contributed by atoms with Gasteiger partial charge in [-0.25, -0.2) is 0 Å². The summed E-state index contributed by atoms with van der Waals surface area (Å²) in [5.74, 6) is 1.48. The fourth-order valence-electron chi connectivity index (χ4n) is 1.77. The Labute approximate surface area is 138 Å². The molecular formula is C15H19N3O2S2. The molecule has 1 N–H and O–H groups in total. The molecule has 1 amide bonds. The zero-order valence-corrected chi connectivity index (χ0v) is 14.5. The van der Waals surface area contributed by atoms with Crippen molar-refractivity contribution >= 4 is 34.1 Å². The molecule has 0 aliphatic rings. The molecule has 0 saturated heterocycles. The Bertz CT molecular complexity index is 643. The van der Waals surface area contributed by atoms with Gasteiger partial charge in [0.05, 0.1) is 0 Å². The summed E-state index contributed by atoms with van der Waals surface area (Å²) in [6, 6.07) is 5.86. The summed E-state index contributed by atoms with van der Waals surface area (Å²) >= 11 is 3.03. The van der Waals surface area contributed by atoms with Crippen LogP contribution in [0.5, 0.6) is 5.75 Å². The Balaban J connectivity index is 1.83. The number of thioether (sulfide) groups is 1. The van der Waals surface area contributed by atoms with Gasteiger partial charge in [-0.2, -0.15) is 0 Å². The third-order valence-electron chi connectivity index (χ3n) is 2.77. The molecule has 1 heterocycles. The van der Waals surface area contributed by atoms with Crippen LogP contribution in [0.25, 0.3) is 0 Å². The van der Waals surface area contributed by atoms with Crippen molar-refractivity contribution in [2.75, 3.05) is 17.7 Å². The number of hydrogen-bond acceptors (Lipinski definition) is 6. The Morgan fingerprint density at radius 3 is 2.91 bits per heavy atom. The molecule has 7 heteroatoms. The van der Waals surface area contributed by atoms with Crippen molar-refractivity contribution in [1.82, 2.24) is 10.2 Å². The third kappa shape index (κ3) is 4.99. The number of nitrogens with zero attached hydrogens (tertiary/aromatic N) is 2. The first-order chi connectivity index (χ1) is 10.6. The lowest BCUT2D eigenvalue weighted by Crippen LogP contribution is -2.20. The van der Waals surface area contributed by atoms with Crippen LogP contribution in [0, 0.1) is 13.8 Å². The van der Waals surface area contributed by atoms with Crippen LogP contribution in [0.15, 0.2) is 22.5 Å². The van der Waals surface area contributed by atoms with Gasteiger partial charge in [0, 0.05) is 5.75 Å². The number of benzene rings is 1. The Kier molecular flexibility index (Phi) is 6.21. The first-order valence-corrected chi connectivity index (χ1v) is 8.85. The van der Waals surface area contributed by atoms with Crippen LogP contribution in [0.2, 0.25) is 0 Å². The molecule has 22 heavy (non-hydrogen) atoms.